The van der Waals surface area contributed by atoms with E-state index in [4.69, 9.17) is 5.73 Å². The van der Waals surface area contributed by atoms with Crippen molar-refractivity contribution in [1.82, 2.24) is 0 Å². The minimum Gasteiger partial charge on any atom is -0.506 e. The second kappa shape index (κ2) is 6.14. The van der Waals surface area contributed by atoms with Gasteiger partial charge in [-0.1, -0.05) is 0 Å². The Balaban J connectivity index is 2.00. The van der Waals surface area contributed by atoms with Gasteiger partial charge in [0, 0.05) is 4.88 Å². The fourth-order valence-electron chi connectivity index (χ4n) is 2.21. The van der Waals surface area contributed by atoms with E-state index < -0.39 is 34.5 Å². The van der Waals surface area contributed by atoms with Crippen molar-refractivity contribution in [3.05, 3.63) is 64.3 Å². The quantitative estimate of drug-likeness (QED) is 0.283. The predicted molar refractivity (Wildman–Crippen MR) is 87.2 cm³/mol. The van der Waals surface area contributed by atoms with Crippen molar-refractivity contribution >= 4 is 22.8 Å². The van der Waals surface area contributed by atoms with E-state index in [-0.39, 0.29) is 16.3 Å². The summed E-state index contributed by atoms with van der Waals surface area (Å²) in [5.74, 6) is -7.31. The molecule has 0 bridgehead atoms. The minimum atomic E-state index is -1.75. The van der Waals surface area contributed by atoms with Crippen LogP contribution < -0.4 is 5.73 Å². The number of aromatic hydroxyl groups is 2. The number of nitrogen functional groups attached to an aromatic ring is 1. The molecule has 0 fully saturated rings. The molecule has 2 aromatic carbocycles. The van der Waals surface area contributed by atoms with Crippen molar-refractivity contribution in [2.75, 3.05) is 5.73 Å². The van der Waals surface area contributed by atoms with Crippen LogP contribution >= 0.6 is 11.3 Å². The van der Waals surface area contributed by atoms with Crippen LogP contribution in [0.4, 0.5) is 18.9 Å². The van der Waals surface area contributed by atoms with E-state index in [2.05, 4.69) is 0 Å². The molecule has 0 unspecified atom stereocenters. The molecule has 0 amide bonds. The first-order valence-corrected chi connectivity index (χ1v) is 7.71. The number of anilines is 1. The van der Waals surface area contributed by atoms with Crippen LogP contribution in [0.3, 0.4) is 0 Å². The number of hydrogen-bond donors (Lipinski definition) is 3. The van der Waals surface area contributed by atoms with Gasteiger partial charge in [0.1, 0.15) is 5.75 Å². The number of carbonyl (C=O) groups is 1. The lowest BCUT2D eigenvalue weighted by atomic mass is 10.1. The number of nitrogens with two attached hydrogens (primary N) is 1. The van der Waals surface area contributed by atoms with Crippen molar-refractivity contribution in [3.63, 3.8) is 0 Å². The van der Waals surface area contributed by atoms with E-state index in [0.717, 1.165) is 11.3 Å². The van der Waals surface area contributed by atoms with Gasteiger partial charge in [-0.25, -0.2) is 8.78 Å². The summed E-state index contributed by atoms with van der Waals surface area (Å²) in [5, 5.41) is 18.7. The maximum atomic E-state index is 13.9. The number of thiophene rings is 1. The Labute approximate surface area is 143 Å². The Morgan fingerprint density at radius 3 is 2.40 bits per heavy atom. The van der Waals surface area contributed by atoms with Gasteiger partial charge in [0.05, 0.1) is 16.1 Å². The third kappa shape index (κ3) is 2.91. The van der Waals surface area contributed by atoms with Gasteiger partial charge in [0.15, 0.2) is 17.4 Å². The van der Waals surface area contributed by atoms with Crippen LogP contribution in [0, 0.1) is 17.5 Å². The number of hydrogen-bond acceptors (Lipinski definition) is 5. The zero-order valence-electron chi connectivity index (χ0n) is 12.4. The lowest BCUT2D eigenvalue weighted by Gasteiger charge is -2.05. The van der Waals surface area contributed by atoms with Gasteiger partial charge in [0.2, 0.25) is 11.6 Å². The molecular weight excluding hydrogens is 355 g/mol. The first kappa shape index (κ1) is 16.8. The monoisotopic (exact) mass is 365 g/mol. The Hall–Kier alpha value is -3.00. The van der Waals surface area contributed by atoms with Gasteiger partial charge >= 0.3 is 0 Å². The number of benzene rings is 2. The van der Waals surface area contributed by atoms with Gasteiger partial charge in [-0.2, -0.15) is 4.39 Å². The van der Waals surface area contributed by atoms with Crippen molar-refractivity contribution in [3.8, 4) is 21.9 Å². The minimum absolute atomic E-state index is 0.0611. The van der Waals surface area contributed by atoms with E-state index in [0.29, 0.717) is 16.5 Å². The van der Waals surface area contributed by atoms with E-state index in [1.807, 2.05) is 0 Å². The fraction of sp³-hybridized carbons (Fsp3) is 0. The molecule has 3 rings (SSSR count). The number of carbonyl (C=O) groups excluding carboxylic acids is 1. The lowest BCUT2D eigenvalue weighted by Crippen LogP contribution is -2.05. The normalized spacial score (nSPS) is 10.8. The summed E-state index contributed by atoms with van der Waals surface area (Å²) in [6.07, 6.45) is 0. The van der Waals surface area contributed by atoms with Gasteiger partial charge < -0.3 is 15.9 Å². The highest BCUT2D eigenvalue weighted by molar-refractivity contribution is 7.17. The van der Waals surface area contributed by atoms with Crippen LogP contribution in [0.5, 0.6) is 11.5 Å². The molecule has 0 spiro atoms. The summed E-state index contributed by atoms with van der Waals surface area (Å²) in [6, 6.07) is 7.84. The molecule has 0 radical (unpaired) electrons. The SMILES string of the molecule is Nc1cc(-c2ccc(C(=O)c3cc(F)c(F)c(O)c3F)s2)ccc1O. The van der Waals surface area contributed by atoms with Gasteiger partial charge in [0.25, 0.3) is 0 Å². The van der Waals surface area contributed by atoms with Gasteiger partial charge in [-0.3, -0.25) is 4.79 Å². The summed E-state index contributed by atoms with van der Waals surface area (Å²) in [7, 11) is 0. The molecule has 4 N–H and O–H groups in total. The number of phenolic OH excluding ortho intramolecular Hbond substituents is 2. The first-order chi connectivity index (χ1) is 11.8. The third-order valence-corrected chi connectivity index (χ3v) is 4.65. The Bertz CT molecular complexity index is 1000. The molecule has 3 aromatic rings. The van der Waals surface area contributed by atoms with Crippen molar-refractivity contribution in [2.45, 2.75) is 0 Å². The molecule has 0 aliphatic rings. The maximum Gasteiger partial charge on any atom is 0.206 e. The Morgan fingerprint density at radius 1 is 1.00 bits per heavy atom. The molecule has 25 heavy (non-hydrogen) atoms. The van der Waals surface area contributed by atoms with Gasteiger partial charge in [-0.05, 0) is 42.0 Å². The first-order valence-electron chi connectivity index (χ1n) is 6.89. The molecule has 1 heterocycles. The molecule has 8 heteroatoms. The molecule has 0 saturated carbocycles. The van der Waals surface area contributed by atoms with E-state index in [1.165, 1.54) is 18.2 Å². The molecule has 1 aromatic heterocycles. The third-order valence-electron chi connectivity index (χ3n) is 3.52. The summed E-state index contributed by atoms with van der Waals surface area (Å²) < 4.78 is 40.4. The van der Waals surface area contributed by atoms with E-state index in [1.54, 1.807) is 12.1 Å². The smallest absolute Gasteiger partial charge is 0.206 e. The van der Waals surface area contributed by atoms with Crippen molar-refractivity contribution in [2.24, 2.45) is 0 Å². The largest absolute Gasteiger partial charge is 0.506 e. The summed E-state index contributed by atoms with van der Waals surface area (Å²) in [6.45, 7) is 0. The number of rotatable bonds is 3. The van der Waals surface area contributed by atoms with Crippen LogP contribution in [-0.2, 0) is 0 Å². The summed E-state index contributed by atoms with van der Waals surface area (Å²) in [4.78, 5) is 13.0. The average molecular weight is 365 g/mol. The highest BCUT2D eigenvalue weighted by atomic mass is 32.1. The molecule has 0 aliphatic carbocycles. The van der Waals surface area contributed by atoms with E-state index in [9.17, 15) is 28.2 Å². The van der Waals surface area contributed by atoms with Crippen LogP contribution in [0.15, 0.2) is 36.4 Å². The van der Waals surface area contributed by atoms with Crippen molar-refractivity contribution < 1.29 is 28.2 Å². The Kier molecular flexibility index (Phi) is 4.13. The second-order valence-electron chi connectivity index (χ2n) is 5.15. The number of ketones is 1. The topological polar surface area (TPSA) is 83.6 Å². The summed E-state index contributed by atoms with van der Waals surface area (Å²) >= 11 is 0.977. The lowest BCUT2D eigenvalue weighted by molar-refractivity contribution is 0.103. The standard InChI is InChI=1S/C17H10F3NO3S/c18-9-6-8(14(19)17(24)15(9)20)16(23)13-4-3-12(25-13)7-1-2-11(22)10(21)5-7/h1-6,22,24H,21H2. The fourth-order valence-corrected chi connectivity index (χ4v) is 3.17. The molecule has 0 atom stereocenters. The highest BCUT2D eigenvalue weighted by Gasteiger charge is 2.24. The highest BCUT2D eigenvalue weighted by Crippen LogP contribution is 2.34. The predicted octanol–water partition coefficient (Wildman–Crippen LogP) is 4.06. The molecule has 0 saturated heterocycles. The molecule has 0 aliphatic heterocycles. The summed E-state index contributed by atoms with van der Waals surface area (Å²) in [5.41, 5.74) is 5.61. The number of halogens is 3. The van der Waals surface area contributed by atoms with E-state index >= 15 is 0 Å². The zero-order valence-corrected chi connectivity index (χ0v) is 13.2. The van der Waals surface area contributed by atoms with Crippen LogP contribution in [0.25, 0.3) is 10.4 Å². The zero-order chi connectivity index (χ0) is 18.3. The molecule has 4 nitrogen and oxygen atoms in total. The number of phenols is 2. The van der Waals surface area contributed by atoms with Crippen molar-refractivity contribution in [1.29, 1.82) is 0 Å². The van der Waals surface area contributed by atoms with Crippen LogP contribution in [0.2, 0.25) is 0 Å². The van der Waals surface area contributed by atoms with Gasteiger partial charge in [-0.15, -0.1) is 11.3 Å². The second-order valence-corrected chi connectivity index (χ2v) is 6.23. The average Bonchev–Trinajstić information content (AvgIpc) is 3.08. The van der Waals surface area contributed by atoms with Crippen LogP contribution in [0.1, 0.15) is 15.2 Å². The Morgan fingerprint density at radius 2 is 1.72 bits per heavy atom. The maximum absolute atomic E-state index is 13.9. The molecule has 128 valence electrons. The molecular formula is C17H10F3NO3S. The van der Waals surface area contributed by atoms with Crippen LogP contribution in [-0.4, -0.2) is 16.0 Å².